The van der Waals surface area contributed by atoms with Crippen molar-refractivity contribution in [3.63, 3.8) is 0 Å². The normalized spacial score (nSPS) is 23.0. The highest BCUT2D eigenvalue weighted by Gasteiger charge is 2.59. The third-order valence-corrected chi connectivity index (χ3v) is 6.32. The van der Waals surface area contributed by atoms with Crippen molar-refractivity contribution in [1.29, 1.82) is 0 Å². The monoisotopic (exact) mass is 373 g/mol. The van der Waals surface area contributed by atoms with Crippen molar-refractivity contribution in [3.8, 4) is 5.75 Å². The maximum Gasteiger partial charge on any atom is 0.276 e. The van der Waals surface area contributed by atoms with Crippen LogP contribution in [0.15, 0.2) is 18.2 Å². The lowest BCUT2D eigenvalue weighted by molar-refractivity contribution is -0.118. The summed E-state index contributed by atoms with van der Waals surface area (Å²) in [7, 11) is -2.12. The fourth-order valence-electron chi connectivity index (χ4n) is 3.45. The first-order valence-corrected chi connectivity index (χ1v) is 9.56. The molecular formula is C15H20ClN3O4S. The summed E-state index contributed by atoms with van der Waals surface area (Å²) >= 11 is 5.97. The smallest absolute Gasteiger partial charge is 0.276 e. The molecule has 1 spiro atoms. The Bertz CT molecular complexity index is 760. The van der Waals surface area contributed by atoms with Crippen LogP contribution in [-0.4, -0.2) is 38.8 Å². The highest BCUT2D eigenvalue weighted by molar-refractivity contribution is 7.86. The lowest BCUT2D eigenvalue weighted by atomic mass is 9.91. The molecule has 1 atom stereocenters. The molecule has 1 saturated carbocycles. The number of benzene rings is 1. The van der Waals surface area contributed by atoms with Gasteiger partial charge in [0.2, 0.25) is 5.91 Å². The summed E-state index contributed by atoms with van der Waals surface area (Å²) in [6.45, 7) is 0.728. The lowest BCUT2D eigenvalue weighted by Crippen LogP contribution is -2.43. The van der Waals surface area contributed by atoms with E-state index in [1.165, 1.54) is 11.4 Å². The van der Waals surface area contributed by atoms with Gasteiger partial charge in [-0.25, -0.2) is 5.14 Å². The van der Waals surface area contributed by atoms with Crippen LogP contribution < -0.4 is 15.2 Å². The number of carbonyl (C=O) groups is 1. The molecule has 24 heavy (non-hydrogen) atoms. The van der Waals surface area contributed by atoms with E-state index in [0.29, 0.717) is 42.4 Å². The molecule has 3 N–H and O–H groups in total. The fourth-order valence-corrected chi connectivity index (χ4v) is 4.32. The maximum absolute atomic E-state index is 12.5. The SMILES string of the molecule is COc1ccc(Cl)cc1NC(=O)[C@@H]1CC12CCN(S(N)(=O)=O)CC2. The number of anilines is 1. The predicted octanol–water partition coefficient (Wildman–Crippen LogP) is 1.59. The van der Waals surface area contributed by atoms with Gasteiger partial charge in [-0.05, 0) is 42.9 Å². The summed E-state index contributed by atoms with van der Waals surface area (Å²) in [5.41, 5.74) is 0.427. The van der Waals surface area contributed by atoms with Crippen LogP contribution in [0.25, 0.3) is 0 Å². The van der Waals surface area contributed by atoms with Gasteiger partial charge in [-0.1, -0.05) is 11.6 Å². The topological polar surface area (TPSA) is 102 Å². The molecular weight excluding hydrogens is 354 g/mol. The van der Waals surface area contributed by atoms with E-state index in [4.69, 9.17) is 21.5 Å². The Morgan fingerprint density at radius 1 is 1.42 bits per heavy atom. The third-order valence-electron chi connectivity index (χ3n) is 5.00. The molecule has 132 valence electrons. The van der Waals surface area contributed by atoms with Crippen molar-refractivity contribution in [3.05, 3.63) is 23.2 Å². The van der Waals surface area contributed by atoms with Gasteiger partial charge in [0.05, 0.1) is 12.8 Å². The van der Waals surface area contributed by atoms with Gasteiger partial charge in [-0.15, -0.1) is 0 Å². The van der Waals surface area contributed by atoms with Crippen molar-refractivity contribution in [1.82, 2.24) is 4.31 Å². The van der Waals surface area contributed by atoms with Crippen LogP contribution >= 0.6 is 11.6 Å². The number of nitrogens with one attached hydrogen (secondary N) is 1. The molecule has 1 aliphatic carbocycles. The molecule has 0 unspecified atom stereocenters. The number of hydrogen-bond donors (Lipinski definition) is 2. The van der Waals surface area contributed by atoms with E-state index in [-0.39, 0.29) is 17.2 Å². The van der Waals surface area contributed by atoms with Gasteiger partial charge < -0.3 is 10.1 Å². The van der Waals surface area contributed by atoms with Crippen LogP contribution in [0, 0.1) is 11.3 Å². The number of hydrogen-bond acceptors (Lipinski definition) is 4. The summed E-state index contributed by atoms with van der Waals surface area (Å²) in [6.07, 6.45) is 2.06. The van der Waals surface area contributed by atoms with Crippen LogP contribution in [0.1, 0.15) is 19.3 Å². The zero-order valence-corrected chi connectivity index (χ0v) is 14.9. The summed E-state index contributed by atoms with van der Waals surface area (Å²) in [5.74, 6) is 0.343. The number of rotatable bonds is 4. The average molecular weight is 374 g/mol. The zero-order chi connectivity index (χ0) is 17.5. The Morgan fingerprint density at radius 2 is 2.08 bits per heavy atom. The quantitative estimate of drug-likeness (QED) is 0.836. The Morgan fingerprint density at radius 3 is 2.67 bits per heavy atom. The molecule has 0 bridgehead atoms. The largest absolute Gasteiger partial charge is 0.495 e. The summed E-state index contributed by atoms with van der Waals surface area (Å²) in [5, 5.41) is 8.54. The van der Waals surface area contributed by atoms with Crippen molar-refractivity contribution in [2.75, 3.05) is 25.5 Å². The molecule has 1 amide bonds. The van der Waals surface area contributed by atoms with E-state index < -0.39 is 10.2 Å². The summed E-state index contributed by atoms with van der Waals surface area (Å²) in [6, 6.07) is 5.04. The van der Waals surface area contributed by atoms with E-state index in [1.807, 2.05) is 0 Å². The number of amides is 1. The minimum Gasteiger partial charge on any atom is -0.495 e. The van der Waals surface area contributed by atoms with Gasteiger partial charge in [-0.2, -0.15) is 12.7 Å². The van der Waals surface area contributed by atoms with Gasteiger partial charge in [0, 0.05) is 24.0 Å². The van der Waals surface area contributed by atoms with Crippen molar-refractivity contribution < 1.29 is 17.9 Å². The Kier molecular flexibility index (Phi) is 4.50. The molecule has 7 nitrogen and oxygen atoms in total. The van der Waals surface area contributed by atoms with E-state index in [0.717, 1.165) is 6.42 Å². The summed E-state index contributed by atoms with van der Waals surface area (Å²) < 4.78 is 29.2. The van der Waals surface area contributed by atoms with Crippen LogP contribution in [0.5, 0.6) is 5.75 Å². The van der Waals surface area contributed by atoms with E-state index in [9.17, 15) is 13.2 Å². The standard InChI is InChI=1S/C15H20ClN3O4S/c1-23-13-3-2-10(16)8-12(13)18-14(20)11-9-15(11)4-6-19(7-5-15)24(17,21)22/h2-3,8,11H,4-7,9H2,1H3,(H,18,20)(H2,17,21,22)/t11-/m0/s1. The lowest BCUT2D eigenvalue weighted by Gasteiger charge is -2.30. The first-order chi connectivity index (χ1) is 11.2. The minimum absolute atomic E-state index is 0.0837. The number of carbonyl (C=O) groups excluding carboxylic acids is 1. The number of ether oxygens (including phenoxy) is 1. The number of methoxy groups -OCH3 is 1. The van der Waals surface area contributed by atoms with E-state index in [2.05, 4.69) is 5.32 Å². The number of halogens is 1. The van der Waals surface area contributed by atoms with Gasteiger partial charge in [0.15, 0.2) is 0 Å². The van der Waals surface area contributed by atoms with Crippen LogP contribution in [0.4, 0.5) is 5.69 Å². The van der Waals surface area contributed by atoms with Crippen LogP contribution in [0.3, 0.4) is 0 Å². The Hall–Kier alpha value is -1.35. The number of piperidine rings is 1. The Balaban J connectivity index is 1.64. The summed E-state index contributed by atoms with van der Waals surface area (Å²) in [4.78, 5) is 12.5. The van der Waals surface area contributed by atoms with Crippen molar-refractivity contribution in [2.45, 2.75) is 19.3 Å². The van der Waals surface area contributed by atoms with Crippen LogP contribution in [0.2, 0.25) is 5.02 Å². The highest BCUT2D eigenvalue weighted by Crippen LogP contribution is 2.59. The average Bonchev–Trinajstić information content (AvgIpc) is 3.20. The van der Waals surface area contributed by atoms with Crippen molar-refractivity contribution in [2.24, 2.45) is 16.5 Å². The number of nitrogens with two attached hydrogens (primary N) is 1. The van der Waals surface area contributed by atoms with Gasteiger partial charge >= 0.3 is 0 Å². The minimum atomic E-state index is -3.65. The number of nitrogens with zero attached hydrogens (tertiary/aromatic N) is 1. The van der Waals surface area contributed by atoms with Gasteiger partial charge in [-0.3, -0.25) is 4.79 Å². The van der Waals surface area contributed by atoms with Gasteiger partial charge in [0.25, 0.3) is 10.2 Å². The molecule has 0 aromatic heterocycles. The predicted molar refractivity (Wildman–Crippen MR) is 91.1 cm³/mol. The molecule has 1 aromatic rings. The van der Waals surface area contributed by atoms with Gasteiger partial charge in [0.1, 0.15) is 5.75 Å². The van der Waals surface area contributed by atoms with Crippen LogP contribution in [-0.2, 0) is 15.0 Å². The molecule has 2 fully saturated rings. The first-order valence-electron chi connectivity index (χ1n) is 7.67. The molecule has 1 aliphatic heterocycles. The highest BCUT2D eigenvalue weighted by atomic mass is 35.5. The van der Waals surface area contributed by atoms with Crippen molar-refractivity contribution >= 4 is 33.4 Å². The molecule has 3 rings (SSSR count). The molecule has 1 saturated heterocycles. The maximum atomic E-state index is 12.5. The third kappa shape index (κ3) is 3.37. The second-order valence-corrected chi connectivity index (χ2v) is 8.38. The van der Waals surface area contributed by atoms with E-state index >= 15 is 0 Å². The molecule has 1 heterocycles. The molecule has 9 heteroatoms. The molecule has 0 radical (unpaired) electrons. The second-order valence-electron chi connectivity index (χ2n) is 6.40. The molecule has 1 aromatic carbocycles. The fraction of sp³-hybridized carbons (Fsp3) is 0.533. The van der Waals surface area contributed by atoms with E-state index in [1.54, 1.807) is 18.2 Å². The second kappa shape index (κ2) is 6.18. The zero-order valence-electron chi connectivity index (χ0n) is 13.3. The Labute approximate surface area is 146 Å². The molecule has 2 aliphatic rings. The first kappa shape index (κ1) is 17.5.